The second-order valence-electron chi connectivity index (χ2n) is 6.88. The highest BCUT2D eigenvalue weighted by molar-refractivity contribution is 7.99. The van der Waals surface area contributed by atoms with Crippen molar-refractivity contribution in [2.45, 2.75) is 11.3 Å². The molecule has 0 amide bonds. The Morgan fingerprint density at radius 3 is 2.00 bits per heavy atom. The molecule has 0 aliphatic heterocycles. The molecule has 0 saturated carbocycles. The minimum atomic E-state index is -0.698. The van der Waals surface area contributed by atoms with Gasteiger partial charge in [0, 0.05) is 16.0 Å². The van der Waals surface area contributed by atoms with Crippen LogP contribution >= 0.6 is 19.7 Å². The Bertz CT molecular complexity index is 1070. The molecule has 4 rings (SSSR count). The van der Waals surface area contributed by atoms with Gasteiger partial charge < -0.3 is 4.74 Å². The number of hydrogen-bond acceptors (Lipinski definition) is 2. The van der Waals surface area contributed by atoms with Crippen molar-refractivity contribution in [3.8, 4) is 5.75 Å². The quantitative estimate of drug-likeness (QED) is 0.260. The molecule has 0 bridgehead atoms. The molecule has 0 radical (unpaired) electrons. The smallest absolute Gasteiger partial charge is 0.127 e. The minimum absolute atomic E-state index is 0.698. The fraction of sp³-hybridized carbons (Fsp3) is 0.111. The second kappa shape index (κ2) is 10.5. The van der Waals surface area contributed by atoms with Gasteiger partial charge in [0.05, 0.1) is 7.11 Å². The highest BCUT2D eigenvalue weighted by atomic mass is 32.2. The average molecular weight is 429 g/mol. The maximum Gasteiger partial charge on any atom is 0.127 e. The highest BCUT2D eigenvalue weighted by Gasteiger charge is 2.22. The lowest BCUT2D eigenvalue weighted by atomic mass is 10.2. The first-order chi connectivity index (χ1) is 14.9. The Labute approximate surface area is 184 Å². The van der Waals surface area contributed by atoms with Crippen molar-refractivity contribution in [1.29, 1.82) is 0 Å². The van der Waals surface area contributed by atoms with Gasteiger partial charge in [0.1, 0.15) is 5.75 Å². The van der Waals surface area contributed by atoms with Crippen LogP contribution in [-0.4, -0.2) is 12.9 Å². The number of para-hydroxylation sites is 1. The first-order valence-corrected chi connectivity index (χ1v) is 12.4. The predicted octanol–water partition coefficient (Wildman–Crippen LogP) is 5.79. The molecule has 1 atom stereocenters. The van der Waals surface area contributed by atoms with Gasteiger partial charge in [0.15, 0.2) is 0 Å². The molecule has 30 heavy (non-hydrogen) atoms. The molecular formula is C27H25OPS. The van der Waals surface area contributed by atoms with E-state index >= 15 is 0 Å². The summed E-state index contributed by atoms with van der Waals surface area (Å²) >= 11 is 1.92. The molecule has 0 heterocycles. The van der Waals surface area contributed by atoms with Crippen molar-refractivity contribution in [1.82, 2.24) is 0 Å². The summed E-state index contributed by atoms with van der Waals surface area (Å²) in [6.07, 6.45) is 1.04. The van der Waals surface area contributed by atoms with Crippen LogP contribution in [-0.2, 0) is 6.42 Å². The van der Waals surface area contributed by atoms with Gasteiger partial charge in [-0.05, 0) is 48.7 Å². The largest absolute Gasteiger partial charge is 0.496 e. The molecule has 4 aromatic carbocycles. The summed E-state index contributed by atoms with van der Waals surface area (Å²) in [7, 11) is 1.07. The maximum absolute atomic E-state index is 5.76. The van der Waals surface area contributed by atoms with Crippen LogP contribution < -0.4 is 20.7 Å². The van der Waals surface area contributed by atoms with Crippen molar-refractivity contribution in [3.63, 3.8) is 0 Å². The summed E-state index contributed by atoms with van der Waals surface area (Å²) in [4.78, 5) is 1.32. The van der Waals surface area contributed by atoms with E-state index in [0.717, 1.165) is 17.9 Å². The highest BCUT2D eigenvalue weighted by Crippen LogP contribution is 2.37. The lowest BCUT2D eigenvalue weighted by Gasteiger charge is -2.24. The van der Waals surface area contributed by atoms with Crippen molar-refractivity contribution < 1.29 is 4.74 Å². The standard InChI is InChI=1S/C27H25OPS/c1-28-25-17-9-11-19-27(25)29(23-13-4-2-5-14-23)26-18-10-8-12-22(26)20-21-30-24-15-6-3-7-16-24/h2-19H,20-21H2,1H3. The number of methoxy groups -OCH3 is 1. The molecule has 1 nitrogen and oxygen atoms in total. The first kappa shape index (κ1) is 20.7. The van der Waals surface area contributed by atoms with E-state index in [0.29, 0.717) is 0 Å². The minimum Gasteiger partial charge on any atom is -0.496 e. The van der Waals surface area contributed by atoms with Gasteiger partial charge in [-0.2, -0.15) is 0 Å². The predicted molar refractivity (Wildman–Crippen MR) is 133 cm³/mol. The van der Waals surface area contributed by atoms with E-state index in [4.69, 9.17) is 4.74 Å². The summed E-state index contributed by atoms with van der Waals surface area (Å²) in [5, 5.41) is 4.03. The van der Waals surface area contributed by atoms with Gasteiger partial charge in [-0.1, -0.05) is 91.0 Å². The fourth-order valence-electron chi connectivity index (χ4n) is 3.54. The van der Waals surface area contributed by atoms with Gasteiger partial charge in [-0.15, -0.1) is 11.8 Å². The molecule has 0 aliphatic carbocycles. The van der Waals surface area contributed by atoms with E-state index in [2.05, 4.69) is 103 Å². The van der Waals surface area contributed by atoms with E-state index < -0.39 is 7.92 Å². The average Bonchev–Trinajstić information content (AvgIpc) is 2.82. The second-order valence-corrected chi connectivity index (χ2v) is 10.2. The molecule has 0 spiro atoms. The molecule has 0 fully saturated rings. The zero-order valence-electron chi connectivity index (χ0n) is 17.1. The van der Waals surface area contributed by atoms with Crippen molar-refractivity contribution in [2.24, 2.45) is 0 Å². The first-order valence-electron chi connectivity index (χ1n) is 10.1. The summed E-state index contributed by atoms with van der Waals surface area (Å²) < 4.78 is 5.76. The Morgan fingerprint density at radius 1 is 0.667 bits per heavy atom. The van der Waals surface area contributed by atoms with Crippen LogP contribution in [0.1, 0.15) is 5.56 Å². The molecule has 1 unspecified atom stereocenters. The van der Waals surface area contributed by atoms with Crippen LogP contribution in [0.5, 0.6) is 5.75 Å². The summed E-state index contributed by atoms with van der Waals surface area (Å²) in [5.74, 6) is 2.02. The van der Waals surface area contributed by atoms with Gasteiger partial charge in [-0.25, -0.2) is 0 Å². The third-order valence-electron chi connectivity index (χ3n) is 4.96. The molecule has 150 valence electrons. The monoisotopic (exact) mass is 428 g/mol. The lowest BCUT2D eigenvalue weighted by molar-refractivity contribution is 0.418. The number of ether oxygens (including phenoxy) is 1. The van der Waals surface area contributed by atoms with Gasteiger partial charge >= 0.3 is 0 Å². The van der Waals surface area contributed by atoms with Crippen LogP contribution in [0.25, 0.3) is 0 Å². The van der Waals surface area contributed by atoms with Crippen LogP contribution in [0.2, 0.25) is 0 Å². The van der Waals surface area contributed by atoms with Crippen LogP contribution in [0.15, 0.2) is 114 Å². The van der Waals surface area contributed by atoms with Crippen LogP contribution in [0.4, 0.5) is 0 Å². The zero-order chi connectivity index (χ0) is 20.6. The van der Waals surface area contributed by atoms with Crippen LogP contribution in [0, 0.1) is 0 Å². The third kappa shape index (κ3) is 4.95. The summed E-state index contributed by atoms with van der Waals surface area (Å²) in [6.45, 7) is 0. The van der Waals surface area contributed by atoms with E-state index in [1.54, 1.807) is 7.11 Å². The molecule has 0 saturated heterocycles. The molecule has 4 aromatic rings. The number of benzene rings is 4. The third-order valence-corrected chi connectivity index (χ3v) is 8.55. The Hall–Kier alpha value is -2.54. The number of rotatable bonds is 8. The van der Waals surface area contributed by atoms with Crippen molar-refractivity contribution in [3.05, 3.63) is 115 Å². The van der Waals surface area contributed by atoms with Gasteiger partial charge in [0.2, 0.25) is 0 Å². The Balaban J connectivity index is 1.69. The lowest BCUT2D eigenvalue weighted by Crippen LogP contribution is -2.24. The number of hydrogen-bond donors (Lipinski definition) is 0. The number of thioether (sulfide) groups is 1. The normalized spacial score (nSPS) is 11.8. The van der Waals surface area contributed by atoms with Gasteiger partial charge in [-0.3, -0.25) is 0 Å². The topological polar surface area (TPSA) is 9.23 Å². The Kier molecular flexibility index (Phi) is 7.24. The Morgan fingerprint density at radius 2 is 1.27 bits per heavy atom. The van der Waals surface area contributed by atoms with E-state index in [9.17, 15) is 0 Å². The summed E-state index contributed by atoms with van der Waals surface area (Å²) in [5.41, 5.74) is 1.42. The molecule has 0 aliphatic rings. The van der Waals surface area contributed by atoms with E-state index in [1.165, 1.54) is 26.4 Å². The number of aryl methyl sites for hydroxylation is 1. The van der Waals surface area contributed by atoms with E-state index in [1.807, 2.05) is 17.8 Å². The SMILES string of the molecule is COc1ccccc1P(c1ccccc1)c1ccccc1CCSc1ccccc1. The molecule has 0 aromatic heterocycles. The van der Waals surface area contributed by atoms with E-state index in [-0.39, 0.29) is 0 Å². The molecule has 0 N–H and O–H groups in total. The molecular weight excluding hydrogens is 403 g/mol. The van der Waals surface area contributed by atoms with Gasteiger partial charge in [0.25, 0.3) is 0 Å². The van der Waals surface area contributed by atoms with Crippen molar-refractivity contribution >= 4 is 35.6 Å². The maximum atomic E-state index is 5.76. The molecule has 3 heteroatoms. The van der Waals surface area contributed by atoms with Crippen LogP contribution in [0.3, 0.4) is 0 Å². The zero-order valence-corrected chi connectivity index (χ0v) is 18.8. The van der Waals surface area contributed by atoms with Crippen molar-refractivity contribution in [2.75, 3.05) is 12.9 Å². The summed E-state index contributed by atoms with van der Waals surface area (Å²) in [6, 6.07) is 38.8. The fourth-order valence-corrected chi connectivity index (χ4v) is 7.06.